The minimum atomic E-state index is -0.0168. The third-order valence-corrected chi connectivity index (χ3v) is 4.93. The zero-order valence-electron chi connectivity index (χ0n) is 12.6. The van der Waals surface area contributed by atoms with Gasteiger partial charge in [-0.25, -0.2) is 4.98 Å². The molecule has 1 amide bonds. The zero-order chi connectivity index (χ0) is 14.6. The summed E-state index contributed by atoms with van der Waals surface area (Å²) in [5, 5.41) is 6.17. The number of hydrogen-bond donors (Lipinski definition) is 1. The van der Waals surface area contributed by atoms with E-state index in [9.17, 15) is 4.79 Å². The minimum Gasteiger partial charge on any atom is -0.347 e. The molecule has 0 saturated heterocycles. The molecule has 0 spiro atoms. The van der Waals surface area contributed by atoms with Crippen LogP contribution in [0.5, 0.6) is 0 Å². The van der Waals surface area contributed by atoms with Crippen molar-refractivity contribution >= 4 is 29.0 Å². The fourth-order valence-corrected chi connectivity index (χ4v) is 2.98. The largest absolute Gasteiger partial charge is 0.347 e. The lowest BCUT2D eigenvalue weighted by molar-refractivity contribution is -0.119. The maximum Gasteiger partial charge on any atom is 0.230 e. The van der Waals surface area contributed by atoms with E-state index in [4.69, 9.17) is 0 Å². The van der Waals surface area contributed by atoms with Crippen LogP contribution in [0.25, 0.3) is 0 Å². The summed E-state index contributed by atoms with van der Waals surface area (Å²) in [6.45, 7) is 12.6. The third-order valence-electron chi connectivity index (χ3n) is 2.49. The fraction of sp³-hybridized carbons (Fsp3) is 0.714. The molecule has 3 nitrogen and oxygen atoms in total. The summed E-state index contributed by atoms with van der Waals surface area (Å²) < 4.78 is 0.117. The van der Waals surface area contributed by atoms with Crippen LogP contribution >= 0.6 is 23.1 Å². The second kappa shape index (κ2) is 6.75. The smallest absolute Gasteiger partial charge is 0.230 e. The van der Waals surface area contributed by atoms with Gasteiger partial charge >= 0.3 is 0 Å². The van der Waals surface area contributed by atoms with Gasteiger partial charge in [-0.15, -0.1) is 23.1 Å². The Morgan fingerprint density at radius 1 is 1.42 bits per heavy atom. The van der Waals surface area contributed by atoms with Crippen molar-refractivity contribution in [1.82, 2.24) is 10.3 Å². The molecule has 0 aromatic carbocycles. The van der Waals surface area contributed by atoms with Crippen LogP contribution in [0.15, 0.2) is 5.38 Å². The number of thiazole rings is 1. The highest BCUT2D eigenvalue weighted by molar-refractivity contribution is 8.01. The molecule has 1 heterocycles. The SMILES string of the molecule is CC(C)c1nc([C@@H](C)NC(=O)CSC(C)(C)C)cs1. The summed E-state index contributed by atoms with van der Waals surface area (Å²) in [4.78, 5) is 16.4. The second-order valence-corrected chi connectivity index (χ2v) is 8.65. The van der Waals surface area contributed by atoms with Gasteiger partial charge in [-0.3, -0.25) is 4.79 Å². The average Bonchev–Trinajstić information content (AvgIpc) is 2.74. The van der Waals surface area contributed by atoms with Gasteiger partial charge in [0, 0.05) is 16.0 Å². The van der Waals surface area contributed by atoms with Crippen LogP contribution in [-0.2, 0) is 4.79 Å². The van der Waals surface area contributed by atoms with E-state index in [1.54, 1.807) is 23.1 Å². The Balaban J connectivity index is 2.49. The molecule has 108 valence electrons. The number of carbonyl (C=O) groups is 1. The normalized spacial score (nSPS) is 13.6. The first-order valence-corrected chi connectivity index (χ1v) is 8.44. The third kappa shape index (κ3) is 5.95. The van der Waals surface area contributed by atoms with E-state index in [-0.39, 0.29) is 16.7 Å². The highest BCUT2D eigenvalue weighted by Crippen LogP contribution is 2.24. The van der Waals surface area contributed by atoms with Gasteiger partial charge < -0.3 is 5.32 Å². The van der Waals surface area contributed by atoms with E-state index in [0.717, 1.165) is 10.7 Å². The first-order valence-electron chi connectivity index (χ1n) is 6.57. The van der Waals surface area contributed by atoms with Crippen molar-refractivity contribution in [2.75, 3.05) is 5.75 Å². The number of nitrogens with zero attached hydrogens (tertiary/aromatic N) is 1. The summed E-state index contributed by atoms with van der Waals surface area (Å²) in [6, 6.07) is -0.0168. The van der Waals surface area contributed by atoms with E-state index < -0.39 is 0 Å². The van der Waals surface area contributed by atoms with Crippen LogP contribution in [-0.4, -0.2) is 21.4 Å². The molecule has 5 heteroatoms. The Labute approximate surface area is 124 Å². The van der Waals surface area contributed by atoms with Crippen molar-refractivity contribution in [2.45, 2.75) is 58.2 Å². The van der Waals surface area contributed by atoms with Crippen molar-refractivity contribution in [1.29, 1.82) is 0 Å². The molecule has 1 N–H and O–H groups in total. The van der Waals surface area contributed by atoms with Gasteiger partial charge in [-0.05, 0) is 6.92 Å². The molecule has 0 bridgehead atoms. The zero-order valence-corrected chi connectivity index (χ0v) is 14.2. The molecular formula is C14H24N2OS2. The van der Waals surface area contributed by atoms with Crippen LogP contribution in [0.4, 0.5) is 0 Å². The minimum absolute atomic E-state index is 0.0168. The van der Waals surface area contributed by atoms with Crippen molar-refractivity contribution < 1.29 is 4.79 Å². The van der Waals surface area contributed by atoms with E-state index in [2.05, 4.69) is 44.9 Å². The quantitative estimate of drug-likeness (QED) is 0.894. The number of carbonyl (C=O) groups excluding carboxylic acids is 1. The molecule has 0 unspecified atom stereocenters. The Morgan fingerprint density at radius 3 is 2.53 bits per heavy atom. The number of rotatable bonds is 5. The molecule has 19 heavy (non-hydrogen) atoms. The van der Waals surface area contributed by atoms with Crippen LogP contribution in [0, 0.1) is 0 Å². The van der Waals surface area contributed by atoms with Gasteiger partial charge in [-0.1, -0.05) is 34.6 Å². The highest BCUT2D eigenvalue weighted by atomic mass is 32.2. The predicted octanol–water partition coefficient (Wildman–Crippen LogP) is 3.98. The number of aromatic nitrogens is 1. The average molecular weight is 300 g/mol. The summed E-state index contributed by atoms with van der Waals surface area (Å²) in [5.74, 6) is 1.01. The van der Waals surface area contributed by atoms with Gasteiger partial charge in [0.05, 0.1) is 22.5 Å². The van der Waals surface area contributed by atoms with E-state index >= 15 is 0 Å². The maximum atomic E-state index is 11.9. The highest BCUT2D eigenvalue weighted by Gasteiger charge is 2.17. The number of amides is 1. The van der Waals surface area contributed by atoms with E-state index in [1.165, 1.54) is 0 Å². The lowest BCUT2D eigenvalue weighted by atomic mass is 10.2. The molecule has 1 aromatic rings. The first kappa shape index (κ1) is 16.5. The Bertz CT molecular complexity index is 421. The molecule has 0 radical (unpaired) electrons. The summed E-state index contributed by atoms with van der Waals surface area (Å²) in [5.41, 5.74) is 0.961. The standard InChI is InChI=1S/C14H24N2OS2/c1-9(2)13-16-11(7-18-13)10(3)15-12(17)8-19-14(4,5)6/h7,9-10H,8H2,1-6H3,(H,15,17)/t10-/m1/s1. The van der Waals surface area contributed by atoms with Gasteiger partial charge in [0.15, 0.2) is 0 Å². The molecule has 1 rings (SSSR count). The number of nitrogens with one attached hydrogen (secondary N) is 1. The van der Waals surface area contributed by atoms with Crippen molar-refractivity contribution in [3.05, 3.63) is 16.1 Å². The van der Waals surface area contributed by atoms with Crippen molar-refractivity contribution in [3.8, 4) is 0 Å². The fourth-order valence-electron chi connectivity index (χ4n) is 1.40. The van der Waals surface area contributed by atoms with Crippen LogP contribution in [0.2, 0.25) is 0 Å². The van der Waals surface area contributed by atoms with Gasteiger partial charge in [0.2, 0.25) is 5.91 Å². The van der Waals surface area contributed by atoms with E-state index in [1.807, 2.05) is 12.3 Å². The van der Waals surface area contributed by atoms with Crippen LogP contribution in [0.3, 0.4) is 0 Å². The van der Waals surface area contributed by atoms with Gasteiger partial charge in [-0.2, -0.15) is 0 Å². The molecular weight excluding hydrogens is 276 g/mol. The lowest BCUT2D eigenvalue weighted by Crippen LogP contribution is -2.29. The Morgan fingerprint density at radius 2 is 2.05 bits per heavy atom. The van der Waals surface area contributed by atoms with Gasteiger partial charge in [0.25, 0.3) is 0 Å². The molecule has 0 aliphatic carbocycles. The molecule has 0 saturated carbocycles. The Kier molecular flexibility index (Phi) is 5.86. The first-order chi connectivity index (χ1) is 8.69. The van der Waals surface area contributed by atoms with E-state index in [0.29, 0.717) is 11.7 Å². The monoisotopic (exact) mass is 300 g/mol. The topological polar surface area (TPSA) is 42.0 Å². The van der Waals surface area contributed by atoms with Crippen molar-refractivity contribution in [2.24, 2.45) is 0 Å². The second-order valence-electron chi connectivity index (χ2n) is 5.96. The number of hydrogen-bond acceptors (Lipinski definition) is 4. The summed E-state index contributed by atoms with van der Waals surface area (Å²) in [6.07, 6.45) is 0. The Hall–Kier alpha value is -0.550. The van der Waals surface area contributed by atoms with Gasteiger partial charge in [0.1, 0.15) is 0 Å². The summed E-state index contributed by atoms with van der Waals surface area (Å²) in [7, 11) is 0. The summed E-state index contributed by atoms with van der Waals surface area (Å²) >= 11 is 3.32. The molecule has 1 aromatic heterocycles. The van der Waals surface area contributed by atoms with Crippen molar-refractivity contribution in [3.63, 3.8) is 0 Å². The maximum absolute atomic E-state index is 11.9. The lowest BCUT2D eigenvalue weighted by Gasteiger charge is -2.18. The molecule has 0 aliphatic heterocycles. The van der Waals surface area contributed by atoms with Crippen LogP contribution in [0.1, 0.15) is 64.2 Å². The molecule has 1 atom stereocenters. The van der Waals surface area contributed by atoms with Crippen LogP contribution < -0.4 is 5.32 Å². The number of thioether (sulfide) groups is 1. The predicted molar refractivity (Wildman–Crippen MR) is 85.0 cm³/mol. The molecule has 0 fully saturated rings. The molecule has 0 aliphatic rings.